The van der Waals surface area contributed by atoms with Crippen molar-refractivity contribution >= 4 is 0 Å². The molecule has 3 N–H and O–H groups in total. The van der Waals surface area contributed by atoms with Gasteiger partial charge >= 0.3 is 0 Å². The highest BCUT2D eigenvalue weighted by molar-refractivity contribution is 4.78. The molecule has 1 saturated heterocycles. The number of ether oxygens (including phenoxy) is 1. The molecule has 0 radical (unpaired) electrons. The molecule has 1 heterocycles. The number of aliphatic hydroxyl groups excluding tert-OH is 1. The molecular weight excluding hydrogens is 180 g/mol. The number of rotatable bonds is 7. The predicted octanol–water partition coefficient (Wildman–Crippen LogP) is -0.275. The number of methoxy groups -OCH3 is 1. The highest BCUT2D eigenvalue weighted by atomic mass is 16.5. The second-order valence-corrected chi connectivity index (χ2v) is 3.87. The lowest BCUT2D eigenvalue weighted by Crippen LogP contribution is -2.42. The summed E-state index contributed by atoms with van der Waals surface area (Å²) in [6, 6.07) is 0.889. The van der Waals surface area contributed by atoms with E-state index >= 15 is 0 Å². The van der Waals surface area contributed by atoms with Gasteiger partial charge in [-0.3, -0.25) is 0 Å². The van der Waals surface area contributed by atoms with Gasteiger partial charge in [-0.25, -0.2) is 0 Å². The molecule has 4 nitrogen and oxygen atoms in total. The average Bonchev–Trinajstić information content (AvgIpc) is 2.67. The molecule has 1 aliphatic rings. The fourth-order valence-corrected chi connectivity index (χ4v) is 1.84. The Labute approximate surface area is 86.0 Å². The molecule has 1 aliphatic heterocycles. The van der Waals surface area contributed by atoms with E-state index in [4.69, 9.17) is 9.84 Å². The first-order valence-electron chi connectivity index (χ1n) is 5.43. The van der Waals surface area contributed by atoms with Gasteiger partial charge in [0.05, 0.1) is 6.61 Å². The van der Waals surface area contributed by atoms with Crippen LogP contribution in [0.15, 0.2) is 0 Å². The van der Waals surface area contributed by atoms with Crippen LogP contribution in [0.25, 0.3) is 0 Å². The zero-order chi connectivity index (χ0) is 10.2. The summed E-state index contributed by atoms with van der Waals surface area (Å²) in [4.78, 5) is 0. The molecular formula is C10H22N2O2. The van der Waals surface area contributed by atoms with Gasteiger partial charge in [0.2, 0.25) is 0 Å². The van der Waals surface area contributed by atoms with Crippen LogP contribution < -0.4 is 10.6 Å². The van der Waals surface area contributed by atoms with E-state index in [2.05, 4.69) is 10.6 Å². The van der Waals surface area contributed by atoms with Gasteiger partial charge in [0.15, 0.2) is 0 Å². The van der Waals surface area contributed by atoms with Gasteiger partial charge in [-0.05, 0) is 25.8 Å². The minimum absolute atomic E-state index is 0.221. The van der Waals surface area contributed by atoms with Crippen LogP contribution in [0.1, 0.15) is 19.3 Å². The van der Waals surface area contributed by atoms with Gasteiger partial charge in [-0.1, -0.05) is 0 Å². The van der Waals surface area contributed by atoms with Crippen LogP contribution in [-0.4, -0.2) is 50.6 Å². The largest absolute Gasteiger partial charge is 0.396 e. The fraction of sp³-hybridized carbons (Fsp3) is 1.00. The zero-order valence-electron chi connectivity index (χ0n) is 8.96. The molecule has 14 heavy (non-hydrogen) atoms. The van der Waals surface area contributed by atoms with Crippen molar-refractivity contribution in [2.75, 3.05) is 33.4 Å². The summed E-state index contributed by atoms with van der Waals surface area (Å²) in [6.45, 7) is 3.02. The Kier molecular flexibility index (Phi) is 6.10. The minimum atomic E-state index is 0.221. The van der Waals surface area contributed by atoms with Gasteiger partial charge < -0.3 is 20.5 Å². The molecule has 1 fully saturated rings. The third kappa shape index (κ3) is 4.37. The lowest BCUT2D eigenvalue weighted by molar-refractivity contribution is 0.147. The number of nitrogens with one attached hydrogen (secondary N) is 2. The van der Waals surface area contributed by atoms with Crippen LogP contribution in [0.2, 0.25) is 0 Å². The quantitative estimate of drug-likeness (QED) is 0.532. The molecule has 1 rings (SSSR count). The number of hydrogen-bond acceptors (Lipinski definition) is 4. The zero-order valence-corrected chi connectivity index (χ0v) is 8.96. The summed E-state index contributed by atoms with van der Waals surface area (Å²) in [6.07, 6.45) is 3.30. The van der Waals surface area contributed by atoms with Gasteiger partial charge in [0.25, 0.3) is 0 Å². The Morgan fingerprint density at radius 3 is 3.07 bits per heavy atom. The molecule has 2 atom stereocenters. The third-order valence-corrected chi connectivity index (χ3v) is 2.66. The van der Waals surface area contributed by atoms with Crippen LogP contribution in [0.3, 0.4) is 0 Å². The smallest absolute Gasteiger partial charge is 0.0616 e. The minimum Gasteiger partial charge on any atom is -0.396 e. The maximum Gasteiger partial charge on any atom is 0.0616 e. The molecule has 4 heteroatoms. The summed E-state index contributed by atoms with van der Waals surface area (Å²) in [5, 5.41) is 15.7. The summed E-state index contributed by atoms with van der Waals surface area (Å²) in [5.74, 6) is 0. The first-order valence-corrected chi connectivity index (χ1v) is 5.43. The molecule has 84 valence electrons. The average molecular weight is 202 g/mol. The van der Waals surface area contributed by atoms with E-state index in [0.29, 0.717) is 12.6 Å². The van der Waals surface area contributed by atoms with Crippen LogP contribution in [0.4, 0.5) is 0 Å². The van der Waals surface area contributed by atoms with Gasteiger partial charge in [-0.2, -0.15) is 0 Å². The lowest BCUT2D eigenvalue weighted by atomic mass is 10.2. The molecule has 0 aromatic carbocycles. The molecule has 0 bridgehead atoms. The van der Waals surface area contributed by atoms with Crippen molar-refractivity contribution in [1.29, 1.82) is 0 Å². The molecule has 2 unspecified atom stereocenters. The second-order valence-electron chi connectivity index (χ2n) is 3.87. The monoisotopic (exact) mass is 202 g/mol. The third-order valence-electron chi connectivity index (χ3n) is 2.66. The molecule has 0 amide bonds. The summed E-state index contributed by atoms with van der Waals surface area (Å²) in [7, 11) is 1.69. The molecule has 0 aliphatic carbocycles. The van der Waals surface area contributed by atoms with E-state index in [1.54, 1.807) is 7.11 Å². The molecule has 0 spiro atoms. The maximum absolute atomic E-state index is 8.84. The van der Waals surface area contributed by atoms with E-state index < -0.39 is 0 Å². The van der Waals surface area contributed by atoms with E-state index in [1.165, 1.54) is 12.8 Å². The van der Waals surface area contributed by atoms with Gasteiger partial charge in [-0.15, -0.1) is 0 Å². The van der Waals surface area contributed by atoms with Gasteiger partial charge in [0.1, 0.15) is 0 Å². The molecule has 0 saturated carbocycles. The van der Waals surface area contributed by atoms with Crippen molar-refractivity contribution < 1.29 is 9.84 Å². The summed E-state index contributed by atoms with van der Waals surface area (Å²) in [5.41, 5.74) is 0. The Morgan fingerprint density at radius 1 is 1.64 bits per heavy atom. The Bertz CT molecular complexity index is 132. The highest BCUT2D eigenvalue weighted by Crippen LogP contribution is 2.04. The first kappa shape index (κ1) is 11.9. The van der Waals surface area contributed by atoms with Crippen LogP contribution in [0.5, 0.6) is 0 Å². The van der Waals surface area contributed by atoms with Crippen LogP contribution >= 0.6 is 0 Å². The van der Waals surface area contributed by atoms with Crippen LogP contribution in [-0.2, 0) is 4.74 Å². The van der Waals surface area contributed by atoms with E-state index in [1.807, 2.05) is 0 Å². The first-order chi connectivity index (χ1) is 6.86. The van der Waals surface area contributed by atoms with Crippen molar-refractivity contribution in [1.82, 2.24) is 10.6 Å². The highest BCUT2D eigenvalue weighted by Gasteiger charge is 2.15. The van der Waals surface area contributed by atoms with Crippen molar-refractivity contribution in [2.45, 2.75) is 31.3 Å². The van der Waals surface area contributed by atoms with E-state index in [-0.39, 0.29) is 12.6 Å². The predicted molar refractivity (Wildman–Crippen MR) is 56.4 cm³/mol. The van der Waals surface area contributed by atoms with Crippen molar-refractivity contribution in [3.63, 3.8) is 0 Å². The summed E-state index contributed by atoms with van der Waals surface area (Å²) < 4.78 is 5.08. The lowest BCUT2D eigenvalue weighted by Gasteiger charge is -2.19. The Hall–Kier alpha value is -0.160. The van der Waals surface area contributed by atoms with E-state index in [0.717, 1.165) is 19.5 Å². The van der Waals surface area contributed by atoms with Crippen molar-refractivity contribution in [3.8, 4) is 0 Å². The van der Waals surface area contributed by atoms with Crippen LogP contribution in [0, 0.1) is 0 Å². The SMILES string of the molecule is COCC(CCO)NCC1CCCN1. The maximum atomic E-state index is 8.84. The van der Waals surface area contributed by atoms with Crippen molar-refractivity contribution in [3.05, 3.63) is 0 Å². The Balaban J connectivity index is 2.10. The summed E-state index contributed by atoms with van der Waals surface area (Å²) >= 11 is 0. The molecule has 0 aromatic heterocycles. The topological polar surface area (TPSA) is 53.5 Å². The molecule has 0 aromatic rings. The number of aliphatic hydroxyl groups is 1. The van der Waals surface area contributed by atoms with Crippen molar-refractivity contribution in [2.24, 2.45) is 0 Å². The standard InChI is InChI=1S/C10H22N2O2/c1-14-8-10(4-6-13)12-7-9-3-2-5-11-9/h9-13H,2-8H2,1H3. The Morgan fingerprint density at radius 2 is 2.50 bits per heavy atom. The second kappa shape index (κ2) is 7.17. The number of hydrogen-bond donors (Lipinski definition) is 3. The normalized spacial score (nSPS) is 24.0. The van der Waals surface area contributed by atoms with Gasteiger partial charge in [0, 0.05) is 32.3 Å². The van der Waals surface area contributed by atoms with E-state index in [9.17, 15) is 0 Å². The fourth-order valence-electron chi connectivity index (χ4n) is 1.84.